The standard InChI is InChI=1S/C20H21N/c1-14-6-7-15-17(13-14)20-10-3-8-19(20,9-4-11-20)16-5-2-12-21-18(15)16/h2,5-7,12-13H,3-4,8-11H2,1H3. The number of rotatable bonds is 0. The number of nitrogens with zero attached hydrogens (tertiary/aromatic N) is 1. The summed E-state index contributed by atoms with van der Waals surface area (Å²) in [7, 11) is 0. The summed E-state index contributed by atoms with van der Waals surface area (Å²) in [5.74, 6) is 0. The normalized spacial score (nSPS) is 32.2. The fraction of sp³-hybridized carbons (Fsp3) is 0.450. The van der Waals surface area contributed by atoms with E-state index >= 15 is 0 Å². The molecular formula is C20H21N. The maximum Gasteiger partial charge on any atom is 0.0742 e. The number of aromatic nitrogens is 1. The van der Waals surface area contributed by atoms with Crippen molar-refractivity contribution in [2.45, 2.75) is 56.3 Å². The van der Waals surface area contributed by atoms with Crippen molar-refractivity contribution in [3.05, 3.63) is 53.2 Å². The molecule has 0 N–H and O–H groups in total. The first-order chi connectivity index (χ1) is 10.3. The molecule has 2 saturated carbocycles. The van der Waals surface area contributed by atoms with E-state index < -0.39 is 0 Å². The van der Waals surface area contributed by atoms with E-state index in [1.807, 2.05) is 6.20 Å². The van der Waals surface area contributed by atoms with Gasteiger partial charge in [-0.2, -0.15) is 0 Å². The lowest BCUT2D eigenvalue weighted by molar-refractivity contribution is 0.298. The Labute approximate surface area is 126 Å². The molecular weight excluding hydrogens is 254 g/mol. The van der Waals surface area contributed by atoms with Crippen LogP contribution in [0.5, 0.6) is 0 Å². The van der Waals surface area contributed by atoms with E-state index in [1.54, 1.807) is 11.1 Å². The van der Waals surface area contributed by atoms with Gasteiger partial charge in [-0.05, 0) is 49.8 Å². The van der Waals surface area contributed by atoms with Gasteiger partial charge in [0.2, 0.25) is 0 Å². The van der Waals surface area contributed by atoms with Crippen LogP contribution in [0.3, 0.4) is 0 Å². The lowest BCUT2D eigenvalue weighted by Gasteiger charge is -2.47. The fourth-order valence-electron chi connectivity index (χ4n) is 5.91. The molecule has 2 aromatic rings. The minimum Gasteiger partial charge on any atom is -0.256 e. The van der Waals surface area contributed by atoms with Crippen molar-refractivity contribution >= 4 is 0 Å². The Balaban J connectivity index is 1.94. The lowest BCUT2D eigenvalue weighted by atomic mass is 9.56. The molecule has 21 heavy (non-hydrogen) atoms. The van der Waals surface area contributed by atoms with Crippen LogP contribution in [0, 0.1) is 6.92 Å². The maximum absolute atomic E-state index is 4.80. The molecule has 3 aliphatic rings. The molecule has 0 bridgehead atoms. The van der Waals surface area contributed by atoms with Crippen LogP contribution in [-0.4, -0.2) is 4.98 Å². The zero-order chi connectivity index (χ0) is 14.1. The summed E-state index contributed by atoms with van der Waals surface area (Å²) >= 11 is 0. The molecule has 5 rings (SSSR count). The number of fused-ring (bicyclic) bond motifs is 3. The van der Waals surface area contributed by atoms with E-state index in [0.717, 1.165) is 0 Å². The summed E-state index contributed by atoms with van der Waals surface area (Å²) in [6, 6.07) is 11.6. The molecule has 0 saturated heterocycles. The maximum atomic E-state index is 4.80. The third kappa shape index (κ3) is 1.23. The molecule has 1 heterocycles. The third-order valence-corrected chi connectivity index (χ3v) is 6.60. The molecule has 0 radical (unpaired) electrons. The summed E-state index contributed by atoms with van der Waals surface area (Å²) in [6.45, 7) is 2.23. The second-order valence-electron chi connectivity index (χ2n) is 7.32. The molecule has 1 aromatic carbocycles. The first-order valence-corrected chi connectivity index (χ1v) is 8.34. The Morgan fingerprint density at radius 1 is 0.905 bits per heavy atom. The Bertz CT molecular complexity index is 733. The van der Waals surface area contributed by atoms with Gasteiger partial charge in [-0.3, -0.25) is 4.98 Å². The molecule has 1 aromatic heterocycles. The number of aryl methyl sites for hydroxylation is 1. The van der Waals surface area contributed by atoms with Gasteiger partial charge in [0, 0.05) is 22.6 Å². The summed E-state index contributed by atoms with van der Waals surface area (Å²) < 4.78 is 0. The lowest BCUT2D eigenvalue weighted by Crippen LogP contribution is -2.43. The van der Waals surface area contributed by atoms with Gasteiger partial charge < -0.3 is 0 Å². The average molecular weight is 275 g/mol. The van der Waals surface area contributed by atoms with Crippen molar-refractivity contribution in [3.63, 3.8) is 0 Å². The fourth-order valence-corrected chi connectivity index (χ4v) is 5.91. The molecule has 0 aliphatic heterocycles. The highest BCUT2D eigenvalue weighted by Crippen LogP contribution is 2.68. The second kappa shape index (κ2) is 3.76. The molecule has 0 atom stereocenters. The average Bonchev–Trinajstić information content (AvgIpc) is 3.04. The van der Waals surface area contributed by atoms with E-state index in [9.17, 15) is 0 Å². The van der Waals surface area contributed by atoms with Gasteiger partial charge in [-0.15, -0.1) is 0 Å². The molecule has 106 valence electrons. The Kier molecular flexibility index (Phi) is 2.15. The quantitative estimate of drug-likeness (QED) is 0.665. The Morgan fingerprint density at radius 2 is 1.62 bits per heavy atom. The van der Waals surface area contributed by atoms with Crippen LogP contribution in [0.1, 0.15) is 55.2 Å². The zero-order valence-electron chi connectivity index (χ0n) is 12.7. The van der Waals surface area contributed by atoms with Crippen molar-refractivity contribution in [3.8, 4) is 11.3 Å². The number of benzene rings is 1. The predicted molar refractivity (Wildman–Crippen MR) is 85.5 cm³/mol. The molecule has 1 nitrogen and oxygen atoms in total. The van der Waals surface area contributed by atoms with Crippen molar-refractivity contribution in [2.24, 2.45) is 0 Å². The van der Waals surface area contributed by atoms with Crippen LogP contribution in [0.2, 0.25) is 0 Å². The van der Waals surface area contributed by atoms with E-state index in [4.69, 9.17) is 4.98 Å². The Hall–Kier alpha value is -1.63. The van der Waals surface area contributed by atoms with Gasteiger partial charge >= 0.3 is 0 Å². The van der Waals surface area contributed by atoms with E-state index in [-0.39, 0.29) is 0 Å². The second-order valence-corrected chi connectivity index (χ2v) is 7.32. The van der Waals surface area contributed by atoms with Crippen LogP contribution in [0.15, 0.2) is 36.5 Å². The van der Waals surface area contributed by atoms with Gasteiger partial charge in [0.15, 0.2) is 0 Å². The number of hydrogen-bond donors (Lipinski definition) is 0. The third-order valence-electron chi connectivity index (χ3n) is 6.60. The SMILES string of the molecule is Cc1ccc2c(c1)C13CCCC1(CCC3)c1cccnc1-2. The molecule has 0 spiro atoms. The van der Waals surface area contributed by atoms with Crippen molar-refractivity contribution in [1.82, 2.24) is 4.98 Å². The highest BCUT2D eigenvalue weighted by Gasteiger charge is 2.62. The number of hydrogen-bond acceptors (Lipinski definition) is 1. The van der Waals surface area contributed by atoms with Crippen LogP contribution < -0.4 is 0 Å². The summed E-state index contributed by atoms with van der Waals surface area (Å²) in [6.07, 6.45) is 10.2. The minimum atomic E-state index is 0.386. The van der Waals surface area contributed by atoms with Gasteiger partial charge in [-0.1, -0.05) is 42.7 Å². The van der Waals surface area contributed by atoms with Crippen molar-refractivity contribution < 1.29 is 0 Å². The van der Waals surface area contributed by atoms with Crippen LogP contribution >= 0.6 is 0 Å². The first kappa shape index (κ1) is 12.0. The van der Waals surface area contributed by atoms with Crippen molar-refractivity contribution in [1.29, 1.82) is 0 Å². The summed E-state index contributed by atoms with van der Waals surface area (Å²) in [5, 5.41) is 0. The Morgan fingerprint density at radius 3 is 2.38 bits per heavy atom. The van der Waals surface area contributed by atoms with Gasteiger partial charge in [0.1, 0.15) is 0 Å². The van der Waals surface area contributed by atoms with Gasteiger partial charge in [-0.25, -0.2) is 0 Å². The zero-order valence-corrected chi connectivity index (χ0v) is 12.7. The van der Waals surface area contributed by atoms with Crippen LogP contribution in [-0.2, 0) is 10.8 Å². The molecule has 1 heteroatoms. The molecule has 3 aliphatic carbocycles. The smallest absolute Gasteiger partial charge is 0.0742 e. The highest BCUT2D eigenvalue weighted by molar-refractivity contribution is 5.76. The highest BCUT2D eigenvalue weighted by atomic mass is 14.7. The minimum absolute atomic E-state index is 0.386. The van der Waals surface area contributed by atoms with Gasteiger partial charge in [0.25, 0.3) is 0 Å². The molecule has 2 fully saturated rings. The summed E-state index contributed by atoms with van der Waals surface area (Å²) in [5.41, 5.74) is 8.04. The summed E-state index contributed by atoms with van der Waals surface area (Å²) in [4.78, 5) is 4.80. The van der Waals surface area contributed by atoms with Crippen LogP contribution in [0.4, 0.5) is 0 Å². The number of pyridine rings is 1. The first-order valence-electron chi connectivity index (χ1n) is 8.34. The van der Waals surface area contributed by atoms with Crippen LogP contribution in [0.25, 0.3) is 11.3 Å². The van der Waals surface area contributed by atoms with E-state index in [0.29, 0.717) is 10.8 Å². The topological polar surface area (TPSA) is 12.9 Å². The van der Waals surface area contributed by atoms with Crippen molar-refractivity contribution in [2.75, 3.05) is 0 Å². The molecule has 0 amide bonds. The van der Waals surface area contributed by atoms with E-state index in [2.05, 4.69) is 37.3 Å². The largest absolute Gasteiger partial charge is 0.256 e. The monoisotopic (exact) mass is 275 g/mol. The predicted octanol–water partition coefficient (Wildman–Crippen LogP) is 4.91. The van der Waals surface area contributed by atoms with E-state index in [1.165, 1.54) is 55.3 Å². The molecule has 0 unspecified atom stereocenters. The van der Waals surface area contributed by atoms with Gasteiger partial charge in [0.05, 0.1) is 5.69 Å².